The number of carbonyl (C=O) groups excluding carboxylic acids is 2. The smallest absolute Gasteiger partial charge is 0.339 e. The quantitative estimate of drug-likeness (QED) is 0.738. The van der Waals surface area contributed by atoms with Crippen molar-refractivity contribution in [1.29, 1.82) is 0 Å². The fraction of sp³-hybridized carbons (Fsp3) is 0.417. The van der Waals surface area contributed by atoms with Gasteiger partial charge in [-0.1, -0.05) is 36.4 Å². The Bertz CT molecular complexity index is 840. The Morgan fingerprint density at radius 3 is 2.29 bits per heavy atom. The van der Waals surface area contributed by atoms with E-state index < -0.39 is 12.1 Å². The van der Waals surface area contributed by atoms with Gasteiger partial charge in [-0.2, -0.15) is 0 Å². The Morgan fingerprint density at radius 1 is 0.821 bits per heavy atom. The molecule has 1 saturated heterocycles. The number of carbonyl (C=O) groups is 2. The number of benzene rings is 2. The Hall–Kier alpha value is -2.62. The number of ether oxygens (including phenoxy) is 1. The molecule has 2 aliphatic rings. The van der Waals surface area contributed by atoms with E-state index in [4.69, 9.17) is 4.74 Å². The summed E-state index contributed by atoms with van der Waals surface area (Å²) in [5, 5.41) is 0. The zero-order chi connectivity index (χ0) is 19.3. The largest absolute Gasteiger partial charge is 0.444 e. The van der Waals surface area contributed by atoms with Crippen molar-refractivity contribution < 1.29 is 14.3 Å². The predicted octanol–water partition coefficient (Wildman–Crippen LogP) is 4.48. The van der Waals surface area contributed by atoms with E-state index in [0.717, 1.165) is 57.2 Å². The van der Waals surface area contributed by atoms with E-state index >= 15 is 0 Å². The monoisotopic (exact) mass is 377 g/mol. The highest BCUT2D eigenvalue weighted by atomic mass is 16.5. The average Bonchev–Trinajstić information content (AvgIpc) is 2.77. The molecule has 4 rings (SSSR count). The summed E-state index contributed by atoms with van der Waals surface area (Å²) in [5.74, 6) is -0.537. The van der Waals surface area contributed by atoms with Gasteiger partial charge in [0.2, 0.25) is 6.10 Å². The van der Waals surface area contributed by atoms with Crippen molar-refractivity contribution in [1.82, 2.24) is 4.90 Å². The van der Waals surface area contributed by atoms with Gasteiger partial charge in [-0.15, -0.1) is 0 Å². The van der Waals surface area contributed by atoms with Crippen molar-refractivity contribution in [2.24, 2.45) is 0 Å². The summed E-state index contributed by atoms with van der Waals surface area (Å²) in [4.78, 5) is 27.9. The maximum Gasteiger partial charge on any atom is 0.339 e. The molecule has 4 heteroatoms. The van der Waals surface area contributed by atoms with Gasteiger partial charge in [0, 0.05) is 18.7 Å². The highest BCUT2D eigenvalue weighted by Gasteiger charge is 2.30. The van der Waals surface area contributed by atoms with Gasteiger partial charge < -0.3 is 9.64 Å². The van der Waals surface area contributed by atoms with Gasteiger partial charge in [-0.05, 0) is 68.2 Å². The van der Waals surface area contributed by atoms with Crippen molar-refractivity contribution in [2.45, 2.75) is 51.0 Å². The molecule has 0 N–H and O–H groups in total. The van der Waals surface area contributed by atoms with E-state index in [1.165, 1.54) is 17.5 Å². The molecule has 0 radical (unpaired) electrons. The number of rotatable bonds is 4. The zero-order valence-electron chi connectivity index (χ0n) is 16.2. The molecule has 1 fully saturated rings. The van der Waals surface area contributed by atoms with Crippen molar-refractivity contribution in [3.05, 3.63) is 70.8 Å². The number of amides is 1. The molecule has 1 amide bonds. The molecule has 0 spiro atoms. The SMILES string of the molecule is O=C(O[C@@H](C(=O)N1CCCCC1)c1ccccc1)c1ccc2c(c1)CCCC2. The molecule has 0 unspecified atom stereocenters. The predicted molar refractivity (Wildman–Crippen MR) is 108 cm³/mol. The summed E-state index contributed by atoms with van der Waals surface area (Å²) in [6.07, 6.45) is 6.72. The van der Waals surface area contributed by atoms with Crippen LogP contribution in [0.5, 0.6) is 0 Å². The standard InChI is InChI=1S/C24H27NO3/c26-23(25-15-7-2-8-16-25)22(19-10-3-1-4-11-19)28-24(27)21-14-13-18-9-5-6-12-20(18)17-21/h1,3-4,10-11,13-14,17,22H,2,5-9,12,15-16H2/t22-/m1/s1. The highest BCUT2D eigenvalue weighted by molar-refractivity contribution is 5.93. The lowest BCUT2D eigenvalue weighted by molar-refractivity contribution is -0.142. The van der Waals surface area contributed by atoms with E-state index in [2.05, 4.69) is 0 Å². The lowest BCUT2D eigenvalue weighted by Gasteiger charge is -2.30. The van der Waals surface area contributed by atoms with Crippen LogP contribution in [0.15, 0.2) is 48.5 Å². The third-order valence-electron chi connectivity index (χ3n) is 5.80. The number of likely N-dealkylation sites (tertiary alicyclic amines) is 1. The topological polar surface area (TPSA) is 46.6 Å². The maximum absolute atomic E-state index is 13.1. The van der Waals surface area contributed by atoms with Crippen molar-refractivity contribution in [3.63, 3.8) is 0 Å². The summed E-state index contributed by atoms with van der Waals surface area (Å²) in [6, 6.07) is 15.2. The molecule has 28 heavy (non-hydrogen) atoms. The average molecular weight is 377 g/mol. The van der Waals surface area contributed by atoms with Gasteiger partial charge in [0.25, 0.3) is 5.91 Å². The van der Waals surface area contributed by atoms with Crippen LogP contribution in [0.3, 0.4) is 0 Å². The van der Waals surface area contributed by atoms with Crippen LogP contribution in [-0.2, 0) is 22.4 Å². The Morgan fingerprint density at radius 2 is 1.54 bits per heavy atom. The van der Waals surface area contributed by atoms with Crippen molar-refractivity contribution in [2.75, 3.05) is 13.1 Å². The van der Waals surface area contributed by atoms with E-state index in [-0.39, 0.29) is 5.91 Å². The second-order valence-electron chi connectivity index (χ2n) is 7.77. The van der Waals surface area contributed by atoms with Crippen LogP contribution in [0, 0.1) is 0 Å². The maximum atomic E-state index is 13.1. The zero-order valence-corrected chi connectivity index (χ0v) is 16.2. The summed E-state index contributed by atoms with van der Waals surface area (Å²) in [7, 11) is 0. The molecule has 146 valence electrons. The number of aryl methyl sites for hydroxylation is 2. The lowest BCUT2D eigenvalue weighted by Crippen LogP contribution is -2.40. The number of fused-ring (bicyclic) bond motifs is 1. The minimum Gasteiger partial charge on any atom is -0.444 e. The highest BCUT2D eigenvalue weighted by Crippen LogP contribution is 2.26. The first kappa shape index (κ1) is 18.7. The molecule has 4 nitrogen and oxygen atoms in total. The number of esters is 1. The molecule has 1 aliphatic heterocycles. The van der Waals surface area contributed by atoms with E-state index in [1.807, 2.05) is 53.4 Å². The van der Waals surface area contributed by atoms with Crippen molar-refractivity contribution >= 4 is 11.9 Å². The van der Waals surface area contributed by atoms with Crippen LogP contribution in [-0.4, -0.2) is 29.9 Å². The van der Waals surface area contributed by atoms with Crippen LogP contribution < -0.4 is 0 Å². The minimum absolute atomic E-state index is 0.114. The van der Waals surface area contributed by atoms with Gasteiger partial charge in [0.15, 0.2) is 0 Å². The number of nitrogens with zero attached hydrogens (tertiary/aromatic N) is 1. The number of piperidine rings is 1. The molecular weight excluding hydrogens is 350 g/mol. The molecule has 0 saturated carbocycles. The van der Waals surface area contributed by atoms with Crippen LogP contribution >= 0.6 is 0 Å². The van der Waals surface area contributed by atoms with Crippen LogP contribution in [0.4, 0.5) is 0 Å². The third-order valence-corrected chi connectivity index (χ3v) is 5.80. The first-order chi connectivity index (χ1) is 13.7. The van der Waals surface area contributed by atoms with Crippen LogP contribution in [0.25, 0.3) is 0 Å². The van der Waals surface area contributed by atoms with Gasteiger partial charge in [0.05, 0.1) is 5.56 Å². The van der Waals surface area contributed by atoms with E-state index in [0.29, 0.717) is 5.56 Å². The molecule has 1 aliphatic carbocycles. The first-order valence-electron chi connectivity index (χ1n) is 10.4. The first-order valence-corrected chi connectivity index (χ1v) is 10.4. The molecular formula is C24H27NO3. The molecule has 0 aromatic heterocycles. The Labute approximate surface area is 166 Å². The third kappa shape index (κ3) is 4.11. The fourth-order valence-corrected chi connectivity index (χ4v) is 4.20. The Balaban J connectivity index is 1.56. The van der Waals surface area contributed by atoms with Gasteiger partial charge in [-0.3, -0.25) is 4.79 Å². The number of hydrogen-bond donors (Lipinski definition) is 0. The van der Waals surface area contributed by atoms with Crippen LogP contribution in [0.2, 0.25) is 0 Å². The molecule has 0 bridgehead atoms. The molecule has 2 aromatic carbocycles. The summed E-state index contributed by atoms with van der Waals surface area (Å²) >= 11 is 0. The van der Waals surface area contributed by atoms with Crippen LogP contribution in [0.1, 0.15) is 65.3 Å². The lowest BCUT2D eigenvalue weighted by atomic mass is 9.90. The van der Waals surface area contributed by atoms with E-state index in [1.54, 1.807) is 0 Å². The summed E-state index contributed by atoms with van der Waals surface area (Å²) in [5.41, 5.74) is 3.82. The summed E-state index contributed by atoms with van der Waals surface area (Å²) < 4.78 is 5.80. The normalized spacial score (nSPS) is 17.5. The summed E-state index contributed by atoms with van der Waals surface area (Å²) in [6.45, 7) is 1.47. The van der Waals surface area contributed by atoms with Gasteiger partial charge in [0.1, 0.15) is 0 Å². The molecule has 1 heterocycles. The Kier molecular flexibility index (Phi) is 5.75. The second kappa shape index (κ2) is 8.59. The second-order valence-corrected chi connectivity index (χ2v) is 7.77. The minimum atomic E-state index is -0.886. The van der Waals surface area contributed by atoms with Gasteiger partial charge in [-0.25, -0.2) is 4.79 Å². The van der Waals surface area contributed by atoms with Crippen molar-refractivity contribution in [3.8, 4) is 0 Å². The van der Waals surface area contributed by atoms with E-state index in [9.17, 15) is 9.59 Å². The molecule has 2 aromatic rings. The van der Waals surface area contributed by atoms with Gasteiger partial charge >= 0.3 is 5.97 Å². The fourth-order valence-electron chi connectivity index (χ4n) is 4.20. The molecule has 1 atom stereocenters. The number of hydrogen-bond acceptors (Lipinski definition) is 3.